The van der Waals surface area contributed by atoms with E-state index in [1.54, 1.807) is 0 Å². The Hall–Kier alpha value is -1.51. The van der Waals surface area contributed by atoms with Crippen molar-refractivity contribution in [2.24, 2.45) is 0 Å². The first-order valence-electron chi connectivity index (χ1n) is 6.89. The summed E-state index contributed by atoms with van der Waals surface area (Å²) in [6, 6.07) is 16.3. The molecular weight excluding hydrogens is 270 g/mol. The fourth-order valence-electron chi connectivity index (χ4n) is 2.07. The van der Waals surface area contributed by atoms with Crippen LogP contribution in [0.5, 0.6) is 5.75 Å². The lowest BCUT2D eigenvalue weighted by molar-refractivity contribution is 0.306. The molecule has 106 valence electrons. The second-order valence-electron chi connectivity index (χ2n) is 4.77. The van der Waals surface area contributed by atoms with Gasteiger partial charge in [0.2, 0.25) is 0 Å². The lowest BCUT2D eigenvalue weighted by Gasteiger charge is -2.13. The predicted molar refractivity (Wildman–Crippen MR) is 84.3 cm³/mol. The van der Waals surface area contributed by atoms with Gasteiger partial charge in [0, 0.05) is 11.1 Å². The van der Waals surface area contributed by atoms with E-state index in [0.717, 1.165) is 22.9 Å². The molecule has 0 aromatic heterocycles. The molecule has 0 spiro atoms. The fraction of sp³-hybridized carbons (Fsp3) is 0.294. The third-order valence-corrected chi connectivity index (χ3v) is 3.42. The molecular formula is C17H20ClNO. The summed E-state index contributed by atoms with van der Waals surface area (Å²) < 4.78 is 5.76. The largest absolute Gasteiger partial charge is 0.489 e. The topological polar surface area (TPSA) is 21.3 Å². The van der Waals surface area contributed by atoms with Gasteiger partial charge in [-0.25, -0.2) is 0 Å². The van der Waals surface area contributed by atoms with E-state index < -0.39 is 0 Å². The lowest BCUT2D eigenvalue weighted by atomic mass is 10.1. The van der Waals surface area contributed by atoms with Crippen molar-refractivity contribution in [1.29, 1.82) is 0 Å². The smallest absolute Gasteiger partial charge is 0.119 e. The molecule has 0 bridgehead atoms. The van der Waals surface area contributed by atoms with E-state index in [-0.39, 0.29) is 0 Å². The van der Waals surface area contributed by atoms with Crippen LogP contribution in [0, 0.1) is 0 Å². The Balaban J connectivity index is 1.94. The molecule has 1 N–H and O–H groups in total. The maximum absolute atomic E-state index is 5.95. The third kappa shape index (κ3) is 4.26. The van der Waals surface area contributed by atoms with Gasteiger partial charge < -0.3 is 10.1 Å². The molecule has 0 aliphatic carbocycles. The lowest BCUT2D eigenvalue weighted by Crippen LogP contribution is -2.17. The van der Waals surface area contributed by atoms with Crippen molar-refractivity contribution in [3.05, 3.63) is 64.7 Å². The number of hydrogen-bond acceptors (Lipinski definition) is 2. The molecule has 0 saturated carbocycles. The Morgan fingerprint density at radius 3 is 2.55 bits per heavy atom. The summed E-state index contributed by atoms with van der Waals surface area (Å²) in [6.07, 6.45) is 0. The molecule has 0 saturated heterocycles. The van der Waals surface area contributed by atoms with Crippen LogP contribution in [0.1, 0.15) is 31.0 Å². The van der Waals surface area contributed by atoms with Gasteiger partial charge in [0.15, 0.2) is 0 Å². The molecule has 0 aliphatic rings. The quantitative estimate of drug-likeness (QED) is 0.840. The van der Waals surface area contributed by atoms with Gasteiger partial charge in [0.05, 0.1) is 0 Å². The molecule has 0 aliphatic heterocycles. The average Bonchev–Trinajstić information content (AvgIpc) is 2.46. The van der Waals surface area contributed by atoms with E-state index in [4.69, 9.17) is 16.3 Å². The summed E-state index contributed by atoms with van der Waals surface area (Å²) in [6.45, 7) is 5.77. The number of ether oxygens (including phenoxy) is 1. The average molecular weight is 290 g/mol. The number of hydrogen-bond donors (Lipinski definition) is 1. The highest BCUT2D eigenvalue weighted by Gasteiger charge is 2.03. The van der Waals surface area contributed by atoms with Crippen molar-refractivity contribution in [1.82, 2.24) is 5.32 Å². The third-order valence-electron chi connectivity index (χ3n) is 3.18. The zero-order valence-electron chi connectivity index (χ0n) is 11.9. The Labute approximate surface area is 125 Å². The summed E-state index contributed by atoms with van der Waals surface area (Å²) >= 11 is 5.95. The second kappa shape index (κ2) is 7.32. The molecule has 2 aromatic rings. The highest BCUT2D eigenvalue weighted by atomic mass is 35.5. The van der Waals surface area contributed by atoms with Crippen LogP contribution >= 0.6 is 11.6 Å². The van der Waals surface area contributed by atoms with Crippen molar-refractivity contribution in [3.63, 3.8) is 0 Å². The van der Waals surface area contributed by atoms with Gasteiger partial charge in [-0.1, -0.05) is 42.8 Å². The molecule has 0 amide bonds. The Morgan fingerprint density at radius 1 is 1.15 bits per heavy atom. The van der Waals surface area contributed by atoms with Crippen LogP contribution in [0.15, 0.2) is 48.5 Å². The van der Waals surface area contributed by atoms with Crippen molar-refractivity contribution < 1.29 is 4.74 Å². The van der Waals surface area contributed by atoms with E-state index in [9.17, 15) is 0 Å². The van der Waals surface area contributed by atoms with Crippen LogP contribution in [-0.2, 0) is 6.61 Å². The molecule has 1 atom stereocenters. The summed E-state index contributed by atoms with van der Waals surface area (Å²) in [5.74, 6) is 0.873. The van der Waals surface area contributed by atoms with Gasteiger partial charge in [-0.15, -0.1) is 0 Å². The normalized spacial score (nSPS) is 12.2. The van der Waals surface area contributed by atoms with Crippen LogP contribution < -0.4 is 10.1 Å². The van der Waals surface area contributed by atoms with Gasteiger partial charge in [0.1, 0.15) is 12.4 Å². The molecule has 2 nitrogen and oxygen atoms in total. The van der Waals surface area contributed by atoms with Gasteiger partial charge in [-0.2, -0.15) is 0 Å². The van der Waals surface area contributed by atoms with Crippen LogP contribution in [0.25, 0.3) is 0 Å². The van der Waals surface area contributed by atoms with E-state index in [1.165, 1.54) is 5.56 Å². The van der Waals surface area contributed by atoms with Crippen LogP contribution in [0.4, 0.5) is 0 Å². The highest BCUT2D eigenvalue weighted by molar-refractivity contribution is 6.30. The molecule has 2 rings (SSSR count). The first-order valence-corrected chi connectivity index (χ1v) is 7.27. The van der Waals surface area contributed by atoms with Crippen LogP contribution in [0.2, 0.25) is 5.02 Å². The van der Waals surface area contributed by atoms with Gasteiger partial charge in [0.25, 0.3) is 0 Å². The highest BCUT2D eigenvalue weighted by Crippen LogP contribution is 2.19. The molecule has 0 heterocycles. The monoisotopic (exact) mass is 289 g/mol. The van der Waals surface area contributed by atoms with E-state index in [2.05, 4.69) is 31.3 Å². The number of nitrogens with one attached hydrogen (secondary N) is 1. The van der Waals surface area contributed by atoms with Crippen molar-refractivity contribution in [3.8, 4) is 5.75 Å². The van der Waals surface area contributed by atoms with Crippen LogP contribution in [0.3, 0.4) is 0 Å². The standard InChI is InChI=1S/C17H20ClNO/c1-3-19-13(2)15-7-9-17(10-8-15)20-12-14-5-4-6-16(18)11-14/h4-11,13,19H,3,12H2,1-2H3. The number of benzene rings is 2. The first-order chi connectivity index (χ1) is 9.69. The van der Waals surface area contributed by atoms with Gasteiger partial charge in [-0.3, -0.25) is 0 Å². The number of rotatable bonds is 6. The van der Waals surface area contributed by atoms with Crippen molar-refractivity contribution >= 4 is 11.6 Å². The Bertz CT molecular complexity index is 539. The summed E-state index contributed by atoms with van der Waals surface area (Å²) in [5.41, 5.74) is 2.34. The van der Waals surface area contributed by atoms with Gasteiger partial charge >= 0.3 is 0 Å². The first kappa shape index (κ1) is 14.9. The molecule has 0 fully saturated rings. The Morgan fingerprint density at radius 2 is 1.90 bits per heavy atom. The minimum Gasteiger partial charge on any atom is -0.489 e. The molecule has 2 aromatic carbocycles. The summed E-state index contributed by atoms with van der Waals surface area (Å²) in [5, 5.41) is 4.13. The van der Waals surface area contributed by atoms with E-state index in [0.29, 0.717) is 12.6 Å². The minimum atomic E-state index is 0.363. The molecule has 0 radical (unpaired) electrons. The molecule has 3 heteroatoms. The van der Waals surface area contributed by atoms with Crippen molar-refractivity contribution in [2.45, 2.75) is 26.5 Å². The maximum Gasteiger partial charge on any atom is 0.119 e. The fourth-order valence-corrected chi connectivity index (χ4v) is 2.28. The maximum atomic E-state index is 5.95. The van der Waals surface area contributed by atoms with Crippen molar-refractivity contribution in [2.75, 3.05) is 6.54 Å². The van der Waals surface area contributed by atoms with Crippen LogP contribution in [-0.4, -0.2) is 6.54 Å². The molecule has 20 heavy (non-hydrogen) atoms. The van der Waals surface area contributed by atoms with Gasteiger partial charge in [-0.05, 0) is 48.9 Å². The second-order valence-corrected chi connectivity index (χ2v) is 5.20. The zero-order chi connectivity index (χ0) is 14.4. The molecule has 1 unspecified atom stereocenters. The Kier molecular flexibility index (Phi) is 5.45. The number of halogens is 1. The minimum absolute atomic E-state index is 0.363. The zero-order valence-corrected chi connectivity index (χ0v) is 12.7. The predicted octanol–water partition coefficient (Wildman–Crippen LogP) is 4.59. The van der Waals surface area contributed by atoms with E-state index >= 15 is 0 Å². The summed E-state index contributed by atoms with van der Waals surface area (Å²) in [4.78, 5) is 0. The SMILES string of the molecule is CCNC(C)c1ccc(OCc2cccc(Cl)c2)cc1. The summed E-state index contributed by atoms with van der Waals surface area (Å²) in [7, 11) is 0. The van der Waals surface area contributed by atoms with E-state index in [1.807, 2.05) is 36.4 Å².